The average Bonchev–Trinajstić information content (AvgIpc) is 3.56. The van der Waals surface area contributed by atoms with Gasteiger partial charge in [-0.15, -0.1) is 5.10 Å². The Morgan fingerprint density at radius 3 is 2.57 bits per heavy atom. The molecule has 1 N–H and O–H groups in total. The number of furan rings is 1. The molecule has 0 radical (unpaired) electrons. The number of nitrogens with one attached hydrogen (secondary N) is 1. The largest absolute Gasteiger partial charge is 0.467 e. The number of hydrogen-bond acceptors (Lipinski definition) is 6. The molecule has 8 heteroatoms. The van der Waals surface area contributed by atoms with Crippen LogP contribution in [0.4, 0.5) is 0 Å². The summed E-state index contributed by atoms with van der Waals surface area (Å²) in [6.45, 7) is 9.94. The van der Waals surface area contributed by atoms with E-state index in [0.29, 0.717) is 25.2 Å². The summed E-state index contributed by atoms with van der Waals surface area (Å²) in [4.78, 5) is 18.7. The standard InChI is InChI=1S/C29H32N6O2/c1-19(2)27(28-31-32-33-35(28)18-25-11-8-14-37-25)34(16-22-9-6-5-7-10-22)17-24-15-23-13-12-20(3)21(4)26(23)30-29(24)36/h5-15,19,27H,16-18H2,1-4H3,(H,30,36). The Balaban J connectivity index is 1.56. The van der Waals surface area contributed by atoms with Crippen LogP contribution in [0.3, 0.4) is 0 Å². The lowest BCUT2D eigenvalue weighted by Gasteiger charge is -2.33. The Morgan fingerprint density at radius 2 is 1.84 bits per heavy atom. The molecule has 0 saturated carbocycles. The number of tetrazole rings is 1. The van der Waals surface area contributed by atoms with Crippen molar-refractivity contribution in [3.8, 4) is 0 Å². The van der Waals surface area contributed by atoms with Crippen molar-refractivity contribution in [1.29, 1.82) is 0 Å². The molecule has 5 aromatic rings. The second kappa shape index (κ2) is 10.5. The molecule has 0 bridgehead atoms. The van der Waals surface area contributed by atoms with Gasteiger partial charge in [0.05, 0.1) is 17.8 Å². The molecule has 0 aliphatic carbocycles. The van der Waals surface area contributed by atoms with E-state index in [1.54, 1.807) is 10.9 Å². The molecule has 190 valence electrons. The van der Waals surface area contributed by atoms with Crippen LogP contribution in [0.25, 0.3) is 10.9 Å². The zero-order valence-corrected chi connectivity index (χ0v) is 21.7. The minimum Gasteiger partial charge on any atom is -0.467 e. The third kappa shape index (κ3) is 5.24. The molecule has 2 aromatic carbocycles. The fourth-order valence-electron chi connectivity index (χ4n) is 4.95. The molecule has 0 spiro atoms. The number of rotatable bonds is 9. The third-order valence-corrected chi connectivity index (χ3v) is 6.96. The minimum atomic E-state index is -0.139. The number of nitrogens with zero attached hydrogens (tertiary/aromatic N) is 5. The second-order valence-electron chi connectivity index (χ2n) is 9.95. The monoisotopic (exact) mass is 496 g/mol. The van der Waals surface area contributed by atoms with Gasteiger partial charge in [0.1, 0.15) is 12.3 Å². The van der Waals surface area contributed by atoms with Crippen molar-refractivity contribution in [3.05, 3.63) is 111 Å². The van der Waals surface area contributed by atoms with Gasteiger partial charge in [0.25, 0.3) is 5.56 Å². The van der Waals surface area contributed by atoms with Crippen molar-refractivity contribution < 1.29 is 4.42 Å². The highest BCUT2D eigenvalue weighted by atomic mass is 16.3. The zero-order chi connectivity index (χ0) is 25.9. The van der Waals surface area contributed by atoms with E-state index < -0.39 is 0 Å². The van der Waals surface area contributed by atoms with E-state index >= 15 is 0 Å². The Kier molecular flexibility index (Phi) is 7.01. The van der Waals surface area contributed by atoms with Gasteiger partial charge in [-0.2, -0.15) is 0 Å². The first kappa shape index (κ1) is 24.6. The summed E-state index contributed by atoms with van der Waals surface area (Å²) in [5, 5.41) is 13.8. The summed E-state index contributed by atoms with van der Waals surface area (Å²) in [6.07, 6.45) is 1.65. The summed E-state index contributed by atoms with van der Waals surface area (Å²) in [6, 6.07) is 20.1. The van der Waals surface area contributed by atoms with E-state index in [-0.39, 0.29) is 17.5 Å². The molecule has 0 fully saturated rings. The zero-order valence-electron chi connectivity index (χ0n) is 21.7. The first-order valence-corrected chi connectivity index (χ1v) is 12.6. The highest BCUT2D eigenvalue weighted by Crippen LogP contribution is 2.31. The summed E-state index contributed by atoms with van der Waals surface area (Å²) in [7, 11) is 0. The number of H-pyrrole nitrogens is 1. The van der Waals surface area contributed by atoms with Crippen molar-refractivity contribution in [2.75, 3.05) is 0 Å². The van der Waals surface area contributed by atoms with Crippen LogP contribution in [0.1, 0.15) is 53.7 Å². The average molecular weight is 497 g/mol. The normalized spacial score (nSPS) is 12.6. The number of hydrogen-bond donors (Lipinski definition) is 1. The van der Waals surface area contributed by atoms with Crippen molar-refractivity contribution in [3.63, 3.8) is 0 Å². The van der Waals surface area contributed by atoms with Crippen molar-refractivity contribution >= 4 is 10.9 Å². The molecule has 1 atom stereocenters. The summed E-state index contributed by atoms with van der Waals surface area (Å²) >= 11 is 0. The van der Waals surface area contributed by atoms with Gasteiger partial charge in [-0.25, -0.2) is 4.68 Å². The number of fused-ring (bicyclic) bond motifs is 1. The smallest absolute Gasteiger partial charge is 0.252 e. The van der Waals surface area contributed by atoms with E-state index in [1.165, 1.54) is 0 Å². The summed E-state index contributed by atoms with van der Waals surface area (Å²) in [5.74, 6) is 1.70. The molecular formula is C29H32N6O2. The van der Waals surface area contributed by atoms with Crippen LogP contribution in [0.15, 0.2) is 76.1 Å². The van der Waals surface area contributed by atoms with E-state index in [4.69, 9.17) is 4.42 Å². The van der Waals surface area contributed by atoms with Gasteiger partial charge in [-0.05, 0) is 70.5 Å². The second-order valence-corrected chi connectivity index (χ2v) is 9.95. The number of aromatic nitrogens is 5. The molecule has 8 nitrogen and oxygen atoms in total. The van der Waals surface area contributed by atoms with Crippen LogP contribution in [0.5, 0.6) is 0 Å². The first-order chi connectivity index (χ1) is 17.9. The van der Waals surface area contributed by atoms with Crippen molar-refractivity contribution in [2.24, 2.45) is 5.92 Å². The maximum atomic E-state index is 13.3. The predicted octanol–water partition coefficient (Wildman–Crippen LogP) is 5.17. The van der Waals surface area contributed by atoms with Gasteiger partial charge in [0.15, 0.2) is 5.82 Å². The number of pyridine rings is 1. The summed E-state index contributed by atoms with van der Waals surface area (Å²) < 4.78 is 7.34. The lowest BCUT2D eigenvalue weighted by Crippen LogP contribution is -2.35. The molecule has 1 unspecified atom stereocenters. The van der Waals surface area contributed by atoms with Crippen LogP contribution < -0.4 is 5.56 Å². The van der Waals surface area contributed by atoms with Crippen molar-refractivity contribution in [1.82, 2.24) is 30.1 Å². The number of aromatic amines is 1. The summed E-state index contributed by atoms with van der Waals surface area (Å²) in [5.41, 5.74) is 4.94. The molecule has 37 heavy (non-hydrogen) atoms. The molecule has 3 aromatic heterocycles. The van der Waals surface area contributed by atoms with Gasteiger partial charge >= 0.3 is 0 Å². The van der Waals surface area contributed by atoms with Gasteiger partial charge in [-0.3, -0.25) is 9.69 Å². The van der Waals surface area contributed by atoms with Crippen LogP contribution in [0.2, 0.25) is 0 Å². The third-order valence-electron chi connectivity index (χ3n) is 6.96. The number of aryl methyl sites for hydroxylation is 2. The predicted molar refractivity (Wildman–Crippen MR) is 143 cm³/mol. The van der Waals surface area contributed by atoms with Gasteiger partial charge in [-0.1, -0.05) is 56.3 Å². The molecular weight excluding hydrogens is 464 g/mol. The Bertz CT molecular complexity index is 1540. The van der Waals surface area contributed by atoms with Crippen LogP contribution in [0, 0.1) is 19.8 Å². The molecule has 0 aliphatic heterocycles. The van der Waals surface area contributed by atoms with Gasteiger partial charge in [0.2, 0.25) is 0 Å². The number of benzene rings is 2. The fraction of sp³-hybridized carbons (Fsp3) is 0.310. The molecule has 0 aliphatic rings. The van der Waals surface area contributed by atoms with E-state index in [1.807, 2.05) is 43.3 Å². The maximum absolute atomic E-state index is 13.3. The molecule has 0 saturated heterocycles. The molecule has 0 amide bonds. The van der Waals surface area contributed by atoms with E-state index in [0.717, 1.165) is 39.2 Å². The van der Waals surface area contributed by atoms with E-state index in [2.05, 4.69) is 70.4 Å². The maximum Gasteiger partial charge on any atom is 0.252 e. The lowest BCUT2D eigenvalue weighted by molar-refractivity contribution is 0.125. The first-order valence-electron chi connectivity index (χ1n) is 12.6. The highest BCUT2D eigenvalue weighted by molar-refractivity contribution is 5.83. The SMILES string of the molecule is Cc1ccc2cc(CN(Cc3ccccc3)C(c3nnnn3Cc3ccco3)C(C)C)c(=O)[nH]c2c1C. The Morgan fingerprint density at radius 1 is 1.03 bits per heavy atom. The lowest BCUT2D eigenvalue weighted by atomic mass is 9.99. The van der Waals surface area contributed by atoms with Crippen LogP contribution >= 0.6 is 0 Å². The molecule has 3 heterocycles. The van der Waals surface area contributed by atoms with Crippen molar-refractivity contribution in [2.45, 2.75) is 53.4 Å². The quantitative estimate of drug-likeness (QED) is 0.303. The van der Waals surface area contributed by atoms with E-state index in [9.17, 15) is 4.79 Å². The molecule has 5 rings (SSSR count). The van der Waals surface area contributed by atoms with Crippen LogP contribution in [-0.2, 0) is 19.6 Å². The van der Waals surface area contributed by atoms with Gasteiger partial charge < -0.3 is 9.40 Å². The minimum absolute atomic E-state index is 0.0723. The topological polar surface area (TPSA) is 92.8 Å². The Labute approximate surface area is 215 Å². The van der Waals surface area contributed by atoms with Gasteiger partial charge in [0, 0.05) is 18.7 Å². The van der Waals surface area contributed by atoms with Crippen LogP contribution in [-0.4, -0.2) is 30.1 Å². The Hall–Kier alpha value is -4.04. The highest BCUT2D eigenvalue weighted by Gasteiger charge is 2.30. The fourth-order valence-corrected chi connectivity index (χ4v) is 4.95.